The van der Waals surface area contributed by atoms with Gasteiger partial charge in [-0.2, -0.15) is 5.26 Å². The summed E-state index contributed by atoms with van der Waals surface area (Å²) < 4.78 is 30.2. The third-order valence-electron chi connectivity index (χ3n) is 3.56. The minimum absolute atomic E-state index is 0.0889. The van der Waals surface area contributed by atoms with Crippen molar-refractivity contribution in [1.29, 1.82) is 5.26 Å². The van der Waals surface area contributed by atoms with Crippen LogP contribution in [0.5, 0.6) is 0 Å². The van der Waals surface area contributed by atoms with E-state index in [-0.39, 0.29) is 16.8 Å². The van der Waals surface area contributed by atoms with Crippen LogP contribution in [0.3, 0.4) is 0 Å². The first kappa shape index (κ1) is 16.0. The maximum Gasteiger partial charge on any atom is 0.179 e. The quantitative estimate of drug-likeness (QED) is 0.842. The minimum atomic E-state index is -3.31. The highest BCUT2D eigenvalue weighted by Crippen LogP contribution is 2.13. The number of nitrogens with zero attached hydrogens (tertiary/aromatic N) is 2. The summed E-state index contributed by atoms with van der Waals surface area (Å²) in [5.74, 6) is 0.0889. The van der Waals surface area contributed by atoms with Crippen LogP contribution in [-0.4, -0.2) is 51.4 Å². The lowest BCUT2D eigenvalue weighted by Gasteiger charge is -2.21. The molecule has 0 radical (unpaired) electrons. The van der Waals surface area contributed by atoms with Crippen molar-refractivity contribution in [3.05, 3.63) is 29.8 Å². The van der Waals surface area contributed by atoms with E-state index < -0.39 is 9.84 Å². The number of ether oxygens (including phenoxy) is 1. The fourth-order valence-corrected chi connectivity index (χ4v) is 3.67. The Kier molecular flexibility index (Phi) is 5.34. The van der Waals surface area contributed by atoms with Crippen molar-refractivity contribution < 1.29 is 13.2 Å². The summed E-state index contributed by atoms with van der Waals surface area (Å²) in [6, 6.07) is 8.06. The molecule has 1 saturated heterocycles. The molecule has 1 heterocycles. The first-order valence-corrected chi connectivity index (χ1v) is 8.73. The lowest BCUT2D eigenvalue weighted by Crippen LogP contribution is -2.34. The lowest BCUT2D eigenvalue weighted by molar-refractivity contribution is 0.0685. The molecule has 0 spiro atoms. The molecule has 5 nitrogen and oxygen atoms in total. The molecule has 1 atom stereocenters. The highest BCUT2D eigenvalue weighted by atomic mass is 32.2. The van der Waals surface area contributed by atoms with Crippen molar-refractivity contribution in [1.82, 2.24) is 4.90 Å². The van der Waals surface area contributed by atoms with E-state index in [0.29, 0.717) is 12.1 Å². The van der Waals surface area contributed by atoms with Crippen molar-refractivity contribution in [2.45, 2.75) is 24.3 Å². The van der Waals surface area contributed by atoms with Crippen LogP contribution in [0.1, 0.15) is 18.9 Å². The Hall–Kier alpha value is -1.42. The summed E-state index contributed by atoms with van der Waals surface area (Å²) in [6.07, 6.45) is 1.08. The summed E-state index contributed by atoms with van der Waals surface area (Å²) in [4.78, 5) is 2.42. The second-order valence-corrected chi connectivity index (χ2v) is 7.40. The van der Waals surface area contributed by atoms with Gasteiger partial charge in [-0.3, -0.25) is 4.90 Å². The van der Waals surface area contributed by atoms with E-state index in [1.165, 1.54) is 24.3 Å². The van der Waals surface area contributed by atoms with Gasteiger partial charge >= 0.3 is 0 Å². The van der Waals surface area contributed by atoms with E-state index >= 15 is 0 Å². The molecule has 0 N–H and O–H groups in total. The number of hydrogen-bond acceptors (Lipinski definition) is 5. The van der Waals surface area contributed by atoms with Gasteiger partial charge in [-0.15, -0.1) is 0 Å². The van der Waals surface area contributed by atoms with Gasteiger partial charge in [-0.1, -0.05) is 0 Å². The number of rotatable bonds is 4. The van der Waals surface area contributed by atoms with Crippen molar-refractivity contribution in [2.75, 3.05) is 32.0 Å². The predicted molar refractivity (Wildman–Crippen MR) is 79.7 cm³/mol. The second kappa shape index (κ2) is 7.03. The topological polar surface area (TPSA) is 70.4 Å². The first-order valence-electron chi connectivity index (χ1n) is 7.08. The van der Waals surface area contributed by atoms with Gasteiger partial charge in [0.15, 0.2) is 9.84 Å². The molecular formula is C15H20N2O3S. The van der Waals surface area contributed by atoms with Gasteiger partial charge in [0, 0.05) is 26.2 Å². The average Bonchev–Trinajstić information content (AvgIpc) is 2.69. The van der Waals surface area contributed by atoms with Crippen LogP contribution in [-0.2, 0) is 14.6 Å². The summed E-state index contributed by atoms with van der Waals surface area (Å²) in [5, 5.41) is 8.74. The van der Waals surface area contributed by atoms with Gasteiger partial charge in [0.2, 0.25) is 0 Å². The molecule has 114 valence electrons. The van der Waals surface area contributed by atoms with Gasteiger partial charge in [0.1, 0.15) is 0 Å². The fraction of sp³-hybridized carbons (Fsp3) is 0.533. The van der Waals surface area contributed by atoms with Crippen LogP contribution in [0.25, 0.3) is 0 Å². The zero-order valence-electron chi connectivity index (χ0n) is 12.2. The molecule has 0 amide bonds. The zero-order chi connectivity index (χ0) is 15.3. The number of sulfone groups is 1. The van der Waals surface area contributed by atoms with Crippen LogP contribution in [0.4, 0.5) is 0 Å². The lowest BCUT2D eigenvalue weighted by atomic mass is 10.2. The SMILES string of the molecule is CC1CN(CCS(=O)(=O)c2ccc(C#N)cc2)CCCO1. The van der Waals surface area contributed by atoms with Crippen molar-refractivity contribution in [2.24, 2.45) is 0 Å². The Morgan fingerprint density at radius 2 is 2.10 bits per heavy atom. The number of hydrogen-bond donors (Lipinski definition) is 0. The second-order valence-electron chi connectivity index (χ2n) is 5.29. The monoisotopic (exact) mass is 308 g/mol. The smallest absolute Gasteiger partial charge is 0.179 e. The molecule has 6 heteroatoms. The molecule has 0 aliphatic carbocycles. The molecule has 1 aliphatic heterocycles. The van der Waals surface area contributed by atoms with Crippen molar-refractivity contribution in [3.8, 4) is 6.07 Å². The minimum Gasteiger partial charge on any atom is -0.377 e. The van der Waals surface area contributed by atoms with Crippen molar-refractivity contribution in [3.63, 3.8) is 0 Å². The Morgan fingerprint density at radius 1 is 1.38 bits per heavy atom. The Balaban J connectivity index is 1.98. The molecule has 1 unspecified atom stereocenters. The van der Waals surface area contributed by atoms with Gasteiger partial charge in [-0.05, 0) is 37.6 Å². The number of benzene rings is 1. The number of nitriles is 1. The van der Waals surface area contributed by atoms with E-state index in [4.69, 9.17) is 10.00 Å². The predicted octanol–water partition coefficient (Wildman–Crippen LogP) is 1.44. The fourth-order valence-electron chi connectivity index (χ4n) is 2.39. The Labute approximate surface area is 126 Å². The molecule has 1 aromatic carbocycles. The van der Waals surface area contributed by atoms with E-state index in [9.17, 15) is 8.42 Å². The third kappa shape index (κ3) is 4.53. The van der Waals surface area contributed by atoms with Crippen molar-refractivity contribution >= 4 is 9.84 Å². The maximum absolute atomic E-state index is 12.3. The zero-order valence-corrected chi connectivity index (χ0v) is 13.0. The van der Waals surface area contributed by atoms with E-state index in [1.54, 1.807) is 0 Å². The summed E-state index contributed by atoms with van der Waals surface area (Å²) in [6.45, 7) is 4.89. The summed E-state index contributed by atoms with van der Waals surface area (Å²) in [5.41, 5.74) is 0.465. The molecule has 1 aromatic rings. The van der Waals surface area contributed by atoms with Gasteiger partial charge in [0.05, 0.1) is 28.4 Å². The Bertz CT molecular complexity index is 605. The molecule has 1 fully saturated rings. The van der Waals surface area contributed by atoms with Gasteiger partial charge < -0.3 is 4.74 Å². The standard InChI is InChI=1S/C15H20N2O3S/c1-13-12-17(7-2-9-20-13)8-10-21(18,19)15-5-3-14(11-16)4-6-15/h3-6,13H,2,7-10,12H2,1H3. The van der Waals surface area contributed by atoms with E-state index in [0.717, 1.165) is 26.1 Å². The summed E-state index contributed by atoms with van der Waals surface area (Å²) >= 11 is 0. The van der Waals surface area contributed by atoms with E-state index in [2.05, 4.69) is 4.90 Å². The average molecular weight is 308 g/mol. The largest absolute Gasteiger partial charge is 0.377 e. The Morgan fingerprint density at radius 3 is 2.76 bits per heavy atom. The third-order valence-corrected chi connectivity index (χ3v) is 5.27. The van der Waals surface area contributed by atoms with Gasteiger partial charge in [0.25, 0.3) is 0 Å². The first-order chi connectivity index (χ1) is 10.0. The maximum atomic E-state index is 12.3. The molecular weight excluding hydrogens is 288 g/mol. The summed E-state index contributed by atoms with van der Waals surface area (Å²) in [7, 11) is -3.31. The van der Waals surface area contributed by atoms with E-state index in [1.807, 2.05) is 13.0 Å². The van der Waals surface area contributed by atoms with Crippen LogP contribution >= 0.6 is 0 Å². The van der Waals surface area contributed by atoms with Crippen LogP contribution in [0, 0.1) is 11.3 Å². The van der Waals surface area contributed by atoms with Crippen LogP contribution in [0.15, 0.2) is 29.2 Å². The highest BCUT2D eigenvalue weighted by Gasteiger charge is 2.19. The van der Waals surface area contributed by atoms with Crippen LogP contribution < -0.4 is 0 Å². The molecule has 21 heavy (non-hydrogen) atoms. The molecule has 0 bridgehead atoms. The molecule has 0 saturated carbocycles. The molecule has 0 aromatic heterocycles. The van der Waals surface area contributed by atoms with Gasteiger partial charge in [-0.25, -0.2) is 8.42 Å². The molecule has 1 aliphatic rings. The normalized spacial score (nSPS) is 20.7. The van der Waals surface area contributed by atoms with Crippen LogP contribution in [0.2, 0.25) is 0 Å². The highest BCUT2D eigenvalue weighted by molar-refractivity contribution is 7.91. The molecule has 2 rings (SSSR count).